The van der Waals surface area contributed by atoms with Crippen molar-refractivity contribution < 1.29 is 5.11 Å². The standard InChI is InChI=1S/C7H15NO2S3/c1-2-6(8-10)4-12-13-5-7(9)3-11/h6-7,9,11H,2-5H2,1H3. The first-order valence-corrected chi connectivity index (χ1v) is 7.22. The minimum Gasteiger partial charge on any atom is -0.391 e. The topological polar surface area (TPSA) is 49.7 Å². The van der Waals surface area contributed by atoms with Gasteiger partial charge < -0.3 is 5.11 Å². The van der Waals surface area contributed by atoms with Crippen molar-refractivity contribution >= 4 is 34.2 Å². The zero-order valence-corrected chi connectivity index (χ0v) is 10.1. The second kappa shape index (κ2) is 9.18. The predicted molar refractivity (Wildman–Crippen MR) is 64.6 cm³/mol. The third-order valence-electron chi connectivity index (χ3n) is 1.44. The van der Waals surface area contributed by atoms with Crippen molar-refractivity contribution in [1.82, 2.24) is 0 Å². The van der Waals surface area contributed by atoms with Crippen molar-refractivity contribution in [2.75, 3.05) is 17.3 Å². The maximum Gasteiger partial charge on any atom is 0.101 e. The van der Waals surface area contributed by atoms with Crippen molar-refractivity contribution in [2.24, 2.45) is 5.18 Å². The van der Waals surface area contributed by atoms with E-state index in [-0.39, 0.29) is 12.1 Å². The van der Waals surface area contributed by atoms with Gasteiger partial charge in [-0.2, -0.15) is 17.5 Å². The van der Waals surface area contributed by atoms with E-state index in [0.717, 1.165) is 12.2 Å². The second-order valence-electron chi connectivity index (χ2n) is 2.57. The fraction of sp³-hybridized carbons (Fsp3) is 1.00. The Kier molecular flexibility index (Phi) is 9.61. The van der Waals surface area contributed by atoms with Crippen LogP contribution in [0.5, 0.6) is 0 Å². The van der Waals surface area contributed by atoms with E-state index in [1.165, 1.54) is 0 Å². The van der Waals surface area contributed by atoms with Gasteiger partial charge in [0.05, 0.1) is 6.10 Å². The third kappa shape index (κ3) is 7.66. The van der Waals surface area contributed by atoms with E-state index in [4.69, 9.17) is 5.11 Å². The van der Waals surface area contributed by atoms with E-state index in [0.29, 0.717) is 11.5 Å². The van der Waals surface area contributed by atoms with Crippen LogP contribution in [0.25, 0.3) is 0 Å². The lowest BCUT2D eigenvalue weighted by molar-refractivity contribution is 0.226. The minimum absolute atomic E-state index is 0.0920. The smallest absolute Gasteiger partial charge is 0.101 e. The number of nitroso groups, excluding NO2 is 1. The molecule has 0 saturated heterocycles. The SMILES string of the molecule is CCC(CSSCC(O)CS)N=O. The lowest BCUT2D eigenvalue weighted by Gasteiger charge is -2.07. The molecule has 1 N–H and O–H groups in total. The number of rotatable bonds is 8. The van der Waals surface area contributed by atoms with Crippen LogP contribution in [-0.4, -0.2) is 34.5 Å². The molecule has 0 bridgehead atoms. The molecular formula is C7H15NO2S3. The van der Waals surface area contributed by atoms with Gasteiger partial charge in [0.2, 0.25) is 0 Å². The summed E-state index contributed by atoms with van der Waals surface area (Å²) in [5.41, 5.74) is 0. The van der Waals surface area contributed by atoms with E-state index in [1.807, 2.05) is 6.92 Å². The normalized spacial score (nSPS) is 15.3. The minimum atomic E-state index is -0.356. The molecule has 0 aliphatic rings. The van der Waals surface area contributed by atoms with Crippen LogP contribution in [0.3, 0.4) is 0 Å². The number of hydrogen-bond donors (Lipinski definition) is 2. The average molecular weight is 241 g/mol. The summed E-state index contributed by atoms with van der Waals surface area (Å²) < 4.78 is 0. The summed E-state index contributed by atoms with van der Waals surface area (Å²) >= 11 is 3.95. The number of aliphatic hydroxyl groups excluding tert-OH is 1. The molecule has 0 saturated carbocycles. The highest BCUT2D eigenvalue weighted by Gasteiger charge is 2.07. The molecule has 2 atom stereocenters. The lowest BCUT2D eigenvalue weighted by Crippen LogP contribution is -2.11. The highest BCUT2D eigenvalue weighted by molar-refractivity contribution is 8.76. The molecule has 0 amide bonds. The highest BCUT2D eigenvalue weighted by Crippen LogP contribution is 2.24. The molecule has 0 aromatic carbocycles. The summed E-state index contributed by atoms with van der Waals surface area (Å²) in [5.74, 6) is 1.87. The Hall–Kier alpha value is 0.610. The van der Waals surface area contributed by atoms with Crippen LogP contribution >= 0.6 is 34.2 Å². The average Bonchev–Trinajstić information content (AvgIpc) is 2.18. The molecule has 0 aliphatic carbocycles. The maximum absolute atomic E-state index is 10.2. The molecular weight excluding hydrogens is 226 g/mol. The van der Waals surface area contributed by atoms with Gasteiger partial charge in [-0.05, 0) is 6.42 Å². The van der Waals surface area contributed by atoms with Crippen LogP contribution in [0.1, 0.15) is 13.3 Å². The van der Waals surface area contributed by atoms with Crippen molar-refractivity contribution in [3.8, 4) is 0 Å². The quantitative estimate of drug-likeness (QED) is 0.296. The fourth-order valence-corrected chi connectivity index (χ4v) is 3.27. The molecule has 0 heterocycles. The number of nitrogens with zero attached hydrogens (tertiary/aromatic N) is 1. The van der Waals surface area contributed by atoms with Gasteiger partial charge in [0.1, 0.15) is 6.04 Å². The van der Waals surface area contributed by atoms with Crippen LogP contribution in [0.2, 0.25) is 0 Å². The van der Waals surface area contributed by atoms with Gasteiger partial charge in [-0.1, -0.05) is 33.7 Å². The Labute approximate surface area is 92.2 Å². The zero-order valence-electron chi connectivity index (χ0n) is 7.55. The molecule has 0 aromatic heterocycles. The maximum atomic E-state index is 10.2. The number of hydrogen-bond acceptors (Lipinski definition) is 6. The molecule has 13 heavy (non-hydrogen) atoms. The van der Waals surface area contributed by atoms with E-state index in [2.05, 4.69) is 17.8 Å². The summed E-state index contributed by atoms with van der Waals surface area (Å²) in [6.45, 7) is 1.94. The van der Waals surface area contributed by atoms with Crippen molar-refractivity contribution in [1.29, 1.82) is 0 Å². The fourth-order valence-electron chi connectivity index (χ4n) is 0.529. The summed E-state index contributed by atoms with van der Waals surface area (Å²) in [7, 11) is 3.15. The Morgan fingerprint density at radius 3 is 2.54 bits per heavy atom. The van der Waals surface area contributed by atoms with Crippen molar-refractivity contribution in [3.05, 3.63) is 4.91 Å². The van der Waals surface area contributed by atoms with Crippen LogP contribution in [-0.2, 0) is 0 Å². The number of aliphatic hydroxyl groups is 1. The lowest BCUT2D eigenvalue weighted by atomic mass is 10.3. The molecule has 2 unspecified atom stereocenters. The van der Waals surface area contributed by atoms with Gasteiger partial charge in [-0.15, -0.1) is 0 Å². The third-order valence-corrected chi connectivity index (χ3v) is 4.38. The van der Waals surface area contributed by atoms with Gasteiger partial charge in [0.25, 0.3) is 0 Å². The van der Waals surface area contributed by atoms with E-state index in [1.54, 1.807) is 21.6 Å². The van der Waals surface area contributed by atoms with Crippen LogP contribution in [0.15, 0.2) is 5.18 Å². The summed E-state index contributed by atoms with van der Waals surface area (Å²) in [5, 5.41) is 12.1. The monoisotopic (exact) mass is 241 g/mol. The Bertz CT molecular complexity index is 137. The highest BCUT2D eigenvalue weighted by atomic mass is 33.1. The van der Waals surface area contributed by atoms with Crippen molar-refractivity contribution in [2.45, 2.75) is 25.5 Å². The van der Waals surface area contributed by atoms with Gasteiger partial charge in [0.15, 0.2) is 0 Å². The van der Waals surface area contributed by atoms with Crippen molar-refractivity contribution in [3.63, 3.8) is 0 Å². The summed E-state index contributed by atoms with van der Waals surface area (Å²) in [6.07, 6.45) is 0.428. The molecule has 0 aliphatic heterocycles. The first-order chi connectivity index (χ1) is 6.24. The molecule has 78 valence electrons. The first-order valence-electron chi connectivity index (χ1n) is 4.10. The molecule has 0 fully saturated rings. The molecule has 3 nitrogen and oxygen atoms in total. The molecule has 0 spiro atoms. The van der Waals surface area contributed by atoms with E-state index < -0.39 is 0 Å². The van der Waals surface area contributed by atoms with Gasteiger partial charge in [0, 0.05) is 17.3 Å². The second-order valence-corrected chi connectivity index (χ2v) is 5.49. The summed E-state index contributed by atoms with van der Waals surface area (Å²) in [4.78, 5) is 10.2. The Morgan fingerprint density at radius 1 is 1.46 bits per heavy atom. The molecule has 0 aromatic rings. The van der Waals surface area contributed by atoms with Crippen LogP contribution in [0.4, 0.5) is 0 Å². The predicted octanol–water partition coefficient (Wildman–Crippen LogP) is 2.20. The Balaban J connectivity index is 3.28. The van der Waals surface area contributed by atoms with E-state index in [9.17, 15) is 4.91 Å². The molecule has 6 heteroatoms. The summed E-state index contributed by atoms with van der Waals surface area (Å²) in [6, 6.07) is -0.0920. The zero-order chi connectivity index (χ0) is 10.1. The number of thiol groups is 1. The van der Waals surface area contributed by atoms with E-state index >= 15 is 0 Å². The largest absolute Gasteiger partial charge is 0.391 e. The van der Waals surface area contributed by atoms with Crippen LogP contribution < -0.4 is 0 Å². The van der Waals surface area contributed by atoms with Gasteiger partial charge in [-0.25, -0.2) is 0 Å². The van der Waals surface area contributed by atoms with Gasteiger partial charge >= 0.3 is 0 Å². The van der Waals surface area contributed by atoms with Crippen LogP contribution in [0, 0.1) is 4.91 Å². The Morgan fingerprint density at radius 2 is 2.08 bits per heavy atom. The molecule has 0 rings (SSSR count). The first kappa shape index (κ1) is 13.6. The molecule has 0 radical (unpaired) electrons. The van der Waals surface area contributed by atoms with Gasteiger partial charge in [-0.3, -0.25) is 0 Å².